The van der Waals surface area contributed by atoms with Crippen molar-refractivity contribution >= 4 is 23.3 Å². The monoisotopic (exact) mass is 243 g/mol. The van der Waals surface area contributed by atoms with Gasteiger partial charge in [-0.3, -0.25) is 9.59 Å². The van der Waals surface area contributed by atoms with Crippen LogP contribution in [-0.4, -0.2) is 17.3 Å². The van der Waals surface area contributed by atoms with Gasteiger partial charge < -0.3 is 0 Å². The standard InChI is InChI=1S/C13H9NO2S/c1-2-17-10(7-14)11-12(15)8-5-3-4-6-9(8)13(11)16/h3-6H,2H2,1H3. The average Bonchev–Trinajstić information content (AvgIpc) is 2.61. The summed E-state index contributed by atoms with van der Waals surface area (Å²) in [6, 6.07) is 8.61. The molecule has 1 aliphatic carbocycles. The van der Waals surface area contributed by atoms with Crippen LogP contribution in [-0.2, 0) is 0 Å². The first-order chi connectivity index (χ1) is 8.20. The van der Waals surface area contributed by atoms with Gasteiger partial charge in [-0.05, 0) is 5.75 Å². The third-order valence-corrected chi connectivity index (χ3v) is 3.36. The van der Waals surface area contributed by atoms with Crippen LogP contribution in [0.4, 0.5) is 0 Å². The molecule has 0 atom stereocenters. The summed E-state index contributed by atoms with van der Waals surface area (Å²) in [5.41, 5.74) is 0.828. The molecule has 0 aliphatic heterocycles. The predicted octanol–water partition coefficient (Wildman–Crippen LogP) is 2.60. The molecule has 4 heteroatoms. The summed E-state index contributed by atoms with van der Waals surface area (Å²) in [4.78, 5) is 24.3. The van der Waals surface area contributed by atoms with E-state index in [2.05, 4.69) is 0 Å². The normalized spacial score (nSPS) is 13.5. The number of benzene rings is 1. The van der Waals surface area contributed by atoms with E-state index in [4.69, 9.17) is 5.26 Å². The molecule has 0 heterocycles. The Hall–Kier alpha value is -1.86. The second-order valence-corrected chi connectivity index (χ2v) is 4.73. The van der Waals surface area contributed by atoms with Crippen LogP contribution >= 0.6 is 11.8 Å². The number of hydrogen-bond acceptors (Lipinski definition) is 4. The number of allylic oxidation sites excluding steroid dienone is 2. The molecule has 0 amide bonds. The Morgan fingerprint density at radius 3 is 2.18 bits per heavy atom. The molecule has 0 saturated carbocycles. The quantitative estimate of drug-likeness (QED) is 0.455. The van der Waals surface area contributed by atoms with Gasteiger partial charge in [0.25, 0.3) is 0 Å². The highest BCUT2D eigenvalue weighted by molar-refractivity contribution is 8.03. The summed E-state index contributed by atoms with van der Waals surface area (Å²) < 4.78 is 0. The van der Waals surface area contributed by atoms with Crippen LogP contribution in [0.1, 0.15) is 27.6 Å². The maximum atomic E-state index is 12.0. The van der Waals surface area contributed by atoms with Crippen LogP contribution in [0, 0.1) is 11.3 Å². The van der Waals surface area contributed by atoms with E-state index in [-0.39, 0.29) is 22.0 Å². The number of nitriles is 1. The van der Waals surface area contributed by atoms with Crippen molar-refractivity contribution in [2.24, 2.45) is 0 Å². The van der Waals surface area contributed by atoms with Gasteiger partial charge in [-0.25, -0.2) is 0 Å². The molecule has 1 aromatic rings. The Morgan fingerprint density at radius 2 is 1.76 bits per heavy atom. The molecular formula is C13H9NO2S. The van der Waals surface area contributed by atoms with Crippen LogP contribution in [0.15, 0.2) is 34.7 Å². The van der Waals surface area contributed by atoms with Crippen molar-refractivity contribution in [3.05, 3.63) is 45.9 Å². The lowest BCUT2D eigenvalue weighted by molar-refractivity contribution is 0.0988. The third-order valence-electron chi connectivity index (χ3n) is 2.49. The van der Waals surface area contributed by atoms with E-state index in [0.717, 1.165) is 0 Å². The molecule has 3 nitrogen and oxygen atoms in total. The number of carbonyl (C=O) groups excluding carboxylic acids is 2. The Balaban J connectivity index is 2.61. The summed E-state index contributed by atoms with van der Waals surface area (Å²) in [5, 5.41) is 9.00. The molecule has 0 N–H and O–H groups in total. The first-order valence-corrected chi connectivity index (χ1v) is 6.14. The summed E-state index contributed by atoms with van der Waals surface area (Å²) in [6.07, 6.45) is 0. The highest BCUT2D eigenvalue weighted by atomic mass is 32.2. The van der Waals surface area contributed by atoms with Gasteiger partial charge in [0.15, 0.2) is 11.6 Å². The van der Waals surface area contributed by atoms with Crippen LogP contribution in [0.5, 0.6) is 0 Å². The molecule has 0 spiro atoms. The van der Waals surface area contributed by atoms with Crippen molar-refractivity contribution in [1.82, 2.24) is 0 Å². The number of fused-ring (bicyclic) bond motifs is 1. The fourth-order valence-corrected chi connectivity index (χ4v) is 2.45. The van der Waals surface area contributed by atoms with Gasteiger partial charge in [0.1, 0.15) is 11.0 Å². The van der Waals surface area contributed by atoms with E-state index in [1.165, 1.54) is 11.8 Å². The topological polar surface area (TPSA) is 57.9 Å². The molecule has 0 unspecified atom stereocenters. The number of thioether (sulfide) groups is 1. The summed E-state index contributed by atoms with van der Waals surface area (Å²) in [5.74, 6) is -0.00488. The fourth-order valence-electron chi connectivity index (χ4n) is 1.76. The van der Waals surface area contributed by atoms with E-state index in [1.54, 1.807) is 24.3 Å². The zero-order valence-electron chi connectivity index (χ0n) is 9.19. The lowest BCUT2D eigenvalue weighted by Crippen LogP contribution is -2.03. The van der Waals surface area contributed by atoms with Gasteiger partial charge in [-0.2, -0.15) is 5.26 Å². The van der Waals surface area contributed by atoms with Gasteiger partial charge in [0, 0.05) is 11.1 Å². The molecule has 0 bridgehead atoms. The molecule has 84 valence electrons. The molecular weight excluding hydrogens is 234 g/mol. The second kappa shape index (κ2) is 4.56. The zero-order valence-corrected chi connectivity index (χ0v) is 10.0. The number of nitrogens with zero attached hydrogens (tertiary/aromatic N) is 1. The third kappa shape index (κ3) is 1.79. The van der Waals surface area contributed by atoms with Crippen LogP contribution in [0.3, 0.4) is 0 Å². The Labute approximate surface area is 103 Å². The number of Topliss-reactive ketones (excluding diaryl/α,β-unsaturated/α-hetero) is 2. The minimum absolute atomic E-state index is 0.0283. The molecule has 1 aromatic carbocycles. The van der Waals surface area contributed by atoms with Crippen molar-refractivity contribution in [2.75, 3.05) is 5.75 Å². The lowest BCUT2D eigenvalue weighted by Gasteiger charge is -1.98. The fraction of sp³-hybridized carbons (Fsp3) is 0.154. The SMILES string of the molecule is CCSC(C#N)=C1C(=O)c2ccccc2C1=O. The lowest BCUT2D eigenvalue weighted by atomic mass is 10.1. The van der Waals surface area contributed by atoms with Crippen molar-refractivity contribution in [3.63, 3.8) is 0 Å². The molecule has 0 saturated heterocycles. The number of hydrogen-bond donors (Lipinski definition) is 0. The minimum atomic E-state index is -0.330. The molecule has 1 aliphatic rings. The number of rotatable bonds is 2. The van der Waals surface area contributed by atoms with E-state index in [1.807, 2.05) is 13.0 Å². The van der Waals surface area contributed by atoms with Gasteiger partial charge in [0.05, 0.1) is 5.57 Å². The Morgan fingerprint density at radius 1 is 1.24 bits per heavy atom. The van der Waals surface area contributed by atoms with Crippen molar-refractivity contribution < 1.29 is 9.59 Å². The summed E-state index contributed by atoms with van der Waals surface area (Å²) in [6.45, 7) is 1.87. The van der Waals surface area contributed by atoms with Crippen LogP contribution in [0.25, 0.3) is 0 Å². The van der Waals surface area contributed by atoms with Gasteiger partial charge in [0.2, 0.25) is 0 Å². The molecule has 0 radical (unpaired) electrons. The van der Waals surface area contributed by atoms with Gasteiger partial charge >= 0.3 is 0 Å². The average molecular weight is 243 g/mol. The second-order valence-electron chi connectivity index (χ2n) is 3.45. The van der Waals surface area contributed by atoms with Gasteiger partial charge in [-0.1, -0.05) is 31.2 Å². The summed E-state index contributed by atoms with van der Waals surface area (Å²) in [7, 11) is 0. The smallest absolute Gasteiger partial charge is 0.199 e. The van der Waals surface area contributed by atoms with E-state index < -0.39 is 0 Å². The highest BCUT2D eigenvalue weighted by Gasteiger charge is 2.35. The predicted molar refractivity (Wildman–Crippen MR) is 65.9 cm³/mol. The maximum Gasteiger partial charge on any atom is 0.199 e. The minimum Gasteiger partial charge on any atom is -0.288 e. The molecule has 2 rings (SSSR count). The van der Waals surface area contributed by atoms with Gasteiger partial charge in [-0.15, -0.1) is 11.8 Å². The van der Waals surface area contributed by atoms with Crippen molar-refractivity contribution in [2.45, 2.75) is 6.92 Å². The molecule has 17 heavy (non-hydrogen) atoms. The summed E-state index contributed by atoms with van der Waals surface area (Å²) >= 11 is 1.23. The van der Waals surface area contributed by atoms with Crippen LogP contribution < -0.4 is 0 Å². The Bertz CT molecular complexity index is 544. The van der Waals surface area contributed by atoms with Crippen molar-refractivity contribution in [1.29, 1.82) is 5.26 Å². The first-order valence-electron chi connectivity index (χ1n) is 5.16. The van der Waals surface area contributed by atoms with E-state index in [9.17, 15) is 9.59 Å². The first kappa shape index (κ1) is 11.6. The van der Waals surface area contributed by atoms with E-state index >= 15 is 0 Å². The number of ketones is 2. The van der Waals surface area contributed by atoms with E-state index in [0.29, 0.717) is 16.9 Å². The Kier molecular flexibility index (Phi) is 3.12. The molecule has 0 fully saturated rings. The maximum absolute atomic E-state index is 12.0. The molecule has 0 aromatic heterocycles. The largest absolute Gasteiger partial charge is 0.288 e. The van der Waals surface area contributed by atoms with Crippen molar-refractivity contribution in [3.8, 4) is 6.07 Å². The van der Waals surface area contributed by atoms with Crippen LogP contribution in [0.2, 0.25) is 0 Å². The number of carbonyl (C=O) groups is 2. The highest BCUT2D eigenvalue weighted by Crippen LogP contribution is 2.31. The zero-order chi connectivity index (χ0) is 12.4.